The zero-order valence-corrected chi connectivity index (χ0v) is 14.8. The fourth-order valence-electron chi connectivity index (χ4n) is 3.85. The number of nitrogens with zero attached hydrogens (tertiary/aromatic N) is 2. The SMILES string of the molecule is O=C(CN1C(=O)N[C@@]2(CCCc3ccccc32)C1=O)NCc1ccccn1. The number of fused-ring (bicyclic) bond motifs is 2. The minimum absolute atomic E-state index is 0.247. The number of amides is 4. The van der Waals surface area contributed by atoms with Crippen molar-refractivity contribution in [3.8, 4) is 0 Å². The maximum absolute atomic E-state index is 13.1. The molecule has 2 aromatic rings. The van der Waals surface area contributed by atoms with E-state index in [1.807, 2.05) is 30.3 Å². The van der Waals surface area contributed by atoms with Crippen molar-refractivity contribution in [3.63, 3.8) is 0 Å². The molecule has 1 atom stereocenters. The zero-order chi connectivity index (χ0) is 18.9. The molecule has 7 nitrogen and oxygen atoms in total. The molecule has 2 heterocycles. The first-order valence-corrected chi connectivity index (χ1v) is 8.99. The van der Waals surface area contributed by atoms with Crippen molar-refractivity contribution in [2.75, 3.05) is 6.54 Å². The smallest absolute Gasteiger partial charge is 0.325 e. The molecule has 1 aromatic carbocycles. The highest BCUT2D eigenvalue weighted by molar-refractivity contribution is 6.09. The first kappa shape index (κ1) is 17.2. The Hall–Kier alpha value is -3.22. The van der Waals surface area contributed by atoms with Gasteiger partial charge in [-0.1, -0.05) is 30.3 Å². The number of aromatic nitrogens is 1. The van der Waals surface area contributed by atoms with Crippen LogP contribution in [-0.4, -0.2) is 34.3 Å². The lowest BCUT2D eigenvalue weighted by Gasteiger charge is -2.33. The topological polar surface area (TPSA) is 91.4 Å². The summed E-state index contributed by atoms with van der Waals surface area (Å²) in [5.74, 6) is -0.752. The Labute approximate surface area is 156 Å². The van der Waals surface area contributed by atoms with Gasteiger partial charge < -0.3 is 10.6 Å². The number of nitrogens with one attached hydrogen (secondary N) is 2. The van der Waals surface area contributed by atoms with Gasteiger partial charge in [0.2, 0.25) is 5.91 Å². The van der Waals surface area contributed by atoms with Gasteiger partial charge in [-0.05, 0) is 42.5 Å². The highest BCUT2D eigenvalue weighted by atomic mass is 16.2. The van der Waals surface area contributed by atoms with Crippen LogP contribution in [-0.2, 0) is 28.1 Å². The van der Waals surface area contributed by atoms with Crippen molar-refractivity contribution in [1.29, 1.82) is 0 Å². The van der Waals surface area contributed by atoms with Crippen molar-refractivity contribution in [2.45, 2.75) is 31.3 Å². The van der Waals surface area contributed by atoms with Crippen LogP contribution < -0.4 is 10.6 Å². The summed E-state index contributed by atoms with van der Waals surface area (Å²) in [6, 6.07) is 12.6. The quantitative estimate of drug-likeness (QED) is 0.804. The summed E-state index contributed by atoms with van der Waals surface area (Å²) in [5.41, 5.74) is 1.57. The molecule has 0 unspecified atom stereocenters. The first-order valence-electron chi connectivity index (χ1n) is 8.99. The van der Waals surface area contributed by atoms with Crippen LogP contribution in [0.5, 0.6) is 0 Å². The molecule has 1 aliphatic carbocycles. The van der Waals surface area contributed by atoms with Crippen molar-refractivity contribution in [3.05, 3.63) is 65.5 Å². The minimum atomic E-state index is -1.05. The maximum Gasteiger partial charge on any atom is 0.325 e. The number of hydrogen-bond donors (Lipinski definition) is 2. The Kier molecular flexibility index (Phi) is 4.35. The second-order valence-corrected chi connectivity index (χ2v) is 6.84. The van der Waals surface area contributed by atoms with Crippen LogP contribution in [0.15, 0.2) is 48.7 Å². The molecule has 1 fully saturated rings. The predicted molar refractivity (Wildman–Crippen MR) is 97.4 cm³/mol. The van der Waals surface area contributed by atoms with Gasteiger partial charge in [0, 0.05) is 6.20 Å². The van der Waals surface area contributed by atoms with Crippen molar-refractivity contribution >= 4 is 17.8 Å². The molecule has 27 heavy (non-hydrogen) atoms. The van der Waals surface area contributed by atoms with Gasteiger partial charge in [-0.2, -0.15) is 0 Å². The van der Waals surface area contributed by atoms with E-state index in [2.05, 4.69) is 15.6 Å². The van der Waals surface area contributed by atoms with E-state index in [4.69, 9.17) is 0 Å². The normalized spacial score (nSPS) is 21.1. The molecule has 0 bridgehead atoms. The van der Waals surface area contributed by atoms with E-state index in [-0.39, 0.29) is 19.0 Å². The van der Waals surface area contributed by atoms with E-state index >= 15 is 0 Å². The molecule has 4 rings (SSSR count). The van der Waals surface area contributed by atoms with Gasteiger partial charge in [0.1, 0.15) is 12.1 Å². The maximum atomic E-state index is 13.1. The molecule has 1 aliphatic heterocycles. The molecular weight excluding hydrogens is 344 g/mol. The molecule has 1 aromatic heterocycles. The lowest BCUT2D eigenvalue weighted by molar-refractivity contribution is -0.135. The van der Waals surface area contributed by atoms with E-state index in [1.54, 1.807) is 18.3 Å². The molecule has 0 saturated carbocycles. The zero-order valence-electron chi connectivity index (χ0n) is 14.8. The number of rotatable bonds is 4. The third-order valence-corrected chi connectivity index (χ3v) is 5.15. The van der Waals surface area contributed by atoms with Crippen molar-refractivity contribution in [2.24, 2.45) is 0 Å². The number of imide groups is 1. The number of pyridine rings is 1. The number of hydrogen-bond acceptors (Lipinski definition) is 4. The van der Waals surface area contributed by atoms with Crippen LogP contribution >= 0.6 is 0 Å². The van der Waals surface area contributed by atoms with Crippen LogP contribution in [0.1, 0.15) is 29.7 Å². The molecule has 1 saturated heterocycles. The molecule has 1 spiro atoms. The van der Waals surface area contributed by atoms with Gasteiger partial charge in [-0.15, -0.1) is 0 Å². The summed E-state index contributed by atoms with van der Waals surface area (Å²) in [6.45, 7) is -0.0568. The van der Waals surface area contributed by atoms with E-state index < -0.39 is 17.5 Å². The molecule has 4 amide bonds. The lowest BCUT2D eigenvalue weighted by Crippen LogP contribution is -2.47. The second kappa shape index (κ2) is 6.83. The van der Waals surface area contributed by atoms with Gasteiger partial charge in [0.25, 0.3) is 5.91 Å². The number of aryl methyl sites for hydroxylation is 1. The summed E-state index contributed by atoms with van der Waals surface area (Å²) >= 11 is 0. The van der Waals surface area contributed by atoms with Gasteiger partial charge in [-0.3, -0.25) is 19.5 Å². The summed E-state index contributed by atoms with van der Waals surface area (Å²) in [6.07, 6.45) is 3.87. The van der Waals surface area contributed by atoms with E-state index in [9.17, 15) is 14.4 Å². The molecule has 2 aliphatic rings. The van der Waals surface area contributed by atoms with Gasteiger partial charge in [0.05, 0.1) is 12.2 Å². The average molecular weight is 364 g/mol. The molecule has 2 N–H and O–H groups in total. The first-order chi connectivity index (χ1) is 13.1. The monoisotopic (exact) mass is 364 g/mol. The highest BCUT2D eigenvalue weighted by Gasteiger charge is 2.54. The fraction of sp³-hybridized carbons (Fsp3) is 0.300. The Bertz CT molecular complexity index is 899. The molecule has 138 valence electrons. The molecular formula is C20H20N4O3. The van der Waals surface area contributed by atoms with Crippen molar-refractivity contribution in [1.82, 2.24) is 20.5 Å². The van der Waals surface area contributed by atoms with E-state index in [0.29, 0.717) is 12.1 Å². The molecule has 7 heteroatoms. The fourth-order valence-corrected chi connectivity index (χ4v) is 3.85. The number of urea groups is 1. The Morgan fingerprint density at radius 1 is 1.19 bits per heavy atom. The lowest BCUT2D eigenvalue weighted by atomic mass is 9.76. The third-order valence-electron chi connectivity index (χ3n) is 5.15. The highest BCUT2D eigenvalue weighted by Crippen LogP contribution is 2.39. The van der Waals surface area contributed by atoms with E-state index in [1.165, 1.54) is 0 Å². The number of carbonyl (C=O) groups is 3. The second-order valence-electron chi connectivity index (χ2n) is 6.84. The van der Waals surface area contributed by atoms with Crippen molar-refractivity contribution < 1.29 is 14.4 Å². The summed E-state index contributed by atoms with van der Waals surface area (Å²) in [5, 5.41) is 5.55. The standard InChI is InChI=1S/C20H20N4O3/c25-17(22-12-15-8-3-4-11-21-15)13-24-18(26)20(23-19(24)27)10-5-7-14-6-1-2-9-16(14)20/h1-4,6,8-9,11H,5,7,10,12-13H2,(H,22,25)(H,23,27)/t20-/m1/s1. The van der Waals surface area contributed by atoms with Crippen LogP contribution in [0, 0.1) is 0 Å². The van der Waals surface area contributed by atoms with Crippen LogP contribution in [0.3, 0.4) is 0 Å². The van der Waals surface area contributed by atoms with Gasteiger partial charge in [0.15, 0.2) is 0 Å². The Morgan fingerprint density at radius 2 is 2.00 bits per heavy atom. The Morgan fingerprint density at radius 3 is 2.81 bits per heavy atom. The largest absolute Gasteiger partial charge is 0.349 e. The summed E-state index contributed by atoms with van der Waals surface area (Å²) in [7, 11) is 0. The minimum Gasteiger partial charge on any atom is -0.349 e. The molecule has 0 radical (unpaired) electrons. The van der Waals surface area contributed by atoms with E-state index in [0.717, 1.165) is 28.9 Å². The average Bonchev–Trinajstić information content (AvgIpc) is 2.92. The van der Waals surface area contributed by atoms with Crippen LogP contribution in [0.4, 0.5) is 4.79 Å². The third kappa shape index (κ3) is 3.05. The van der Waals surface area contributed by atoms with Gasteiger partial charge >= 0.3 is 6.03 Å². The van der Waals surface area contributed by atoms with Crippen LogP contribution in [0.25, 0.3) is 0 Å². The summed E-state index contributed by atoms with van der Waals surface area (Å²) in [4.78, 5) is 43.0. The number of benzene rings is 1. The Balaban J connectivity index is 1.48. The van der Waals surface area contributed by atoms with Crippen LogP contribution in [0.2, 0.25) is 0 Å². The summed E-state index contributed by atoms with van der Waals surface area (Å²) < 4.78 is 0. The predicted octanol–water partition coefficient (Wildman–Crippen LogP) is 1.48. The van der Waals surface area contributed by atoms with Gasteiger partial charge in [-0.25, -0.2) is 4.79 Å². The number of carbonyl (C=O) groups excluding carboxylic acids is 3.